The molecule has 0 bridgehead atoms. The first-order valence-electron chi connectivity index (χ1n) is 9.90. The van der Waals surface area contributed by atoms with Crippen LogP contribution in [0.2, 0.25) is 0 Å². The summed E-state index contributed by atoms with van der Waals surface area (Å²) in [6.07, 6.45) is 1.00. The first-order valence-corrected chi connectivity index (χ1v) is 11.1. The molecule has 150 valence electrons. The van der Waals surface area contributed by atoms with E-state index in [0.29, 0.717) is 17.2 Å². The van der Waals surface area contributed by atoms with Crippen molar-refractivity contribution < 1.29 is 9.59 Å². The zero-order chi connectivity index (χ0) is 19.8. The Balaban J connectivity index is 2.03. The van der Waals surface area contributed by atoms with Crippen molar-refractivity contribution in [1.82, 2.24) is 9.80 Å². The van der Waals surface area contributed by atoms with E-state index in [1.165, 1.54) is 0 Å². The number of anilines is 1. The predicted molar refractivity (Wildman–Crippen MR) is 115 cm³/mol. The molecule has 0 spiro atoms. The molecule has 1 aliphatic rings. The van der Waals surface area contributed by atoms with Crippen molar-refractivity contribution in [3.63, 3.8) is 0 Å². The molecule has 0 radical (unpaired) electrons. The molecule has 1 heterocycles. The second-order valence-electron chi connectivity index (χ2n) is 7.56. The highest BCUT2D eigenvalue weighted by atomic mass is 32.2. The van der Waals surface area contributed by atoms with Gasteiger partial charge in [-0.25, -0.2) is 0 Å². The molecule has 1 aromatic carbocycles. The van der Waals surface area contributed by atoms with Crippen LogP contribution >= 0.6 is 11.8 Å². The van der Waals surface area contributed by atoms with Gasteiger partial charge in [-0.1, -0.05) is 26.8 Å². The number of aryl methyl sites for hydroxylation is 1. The Hall–Kier alpha value is -1.53. The van der Waals surface area contributed by atoms with E-state index in [9.17, 15) is 9.59 Å². The molecule has 0 atom stereocenters. The third-order valence-corrected chi connectivity index (χ3v) is 5.57. The van der Waals surface area contributed by atoms with Gasteiger partial charge < -0.3 is 15.1 Å². The number of thioether (sulfide) groups is 1. The summed E-state index contributed by atoms with van der Waals surface area (Å²) in [4.78, 5) is 29.4. The molecular formula is C21H33N3O2S. The molecule has 1 fully saturated rings. The van der Waals surface area contributed by atoms with Crippen LogP contribution in [0.25, 0.3) is 0 Å². The lowest BCUT2D eigenvalue weighted by molar-refractivity contribution is -0.113. The summed E-state index contributed by atoms with van der Waals surface area (Å²) in [5.41, 5.74) is 2.36. The standard InChI is InChI=1S/C21H33N3O2S/c1-5-27-15-20(25)22-19-13-18(8-7-17(19)4)21(26)24-10-6-9-23(11-12-24)14-16(2)3/h7-8,13,16H,5-6,9-12,14-15H2,1-4H3,(H,22,25). The Kier molecular flexibility index (Phi) is 8.64. The van der Waals surface area contributed by atoms with E-state index >= 15 is 0 Å². The Morgan fingerprint density at radius 1 is 1.19 bits per heavy atom. The minimum absolute atomic E-state index is 0.0198. The number of nitrogens with one attached hydrogen (secondary N) is 1. The van der Waals surface area contributed by atoms with Gasteiger partial charge in [0.05, 0.1) is 5.75 Å². The lowest BCUT2D eigenvalue weighted by atomic mass is 10.1. The maximum Gasteiger partial charge on any atom is 0.253 e. The van der Waals surface area contributed by atoms with Gasteiger partial charge in [-0.3, -0.25) is 9.59 Å². The fourth-order valence-electron chi connectivity index (χ4n) is 3.33. The number of carbonyl (C=O) groups is 2. The summed E-state index contributed by atoms with van der Waals surface area (Å²) in [5.74, 6) is 2.02. The zero-order valence-corrected chi connectivity index (χ0v) is 17.9. The number of benzene rings is 1. The molecule has 0 aliphatic carbocycles. The first-order chi connectivity index (χ1) is 12.9. The Morgan fingerprint density at radius 3 is 2.67 bits per heavy atom. The van der Waals surface area contributed by atoms with Crippen LogP contribution in [0.15, 0.2) is 18.2 Å². The van der Waals surface area contributed by atoms with E-state index in [-0.39, 0.29) is 11.8 Å². The topological polar surface area (TPSA) is 52.7 Å². The highest BCUT2D eigenvalue weighted by Gasteiger charge is 2.21. The van der Waals surface area contributed by atoms with E-state index in [4.69, 9.17) is 0 Å². The molecule has 1 N–H and O–H groups in total. The Labute approximate surface area is 167 Å². The summed E-state index contributed by atoms with van der Waals surface area (Å²) in [6, 6.07) is 5.60. The van der Waals surface area contributed by atoms with Crippen LogP contribution in [0.4, 0.5) is 5.69 Å². The van der Waals surface area contributed by atoms with Crippen LogP contribution in [0.5, 0.6) is 0 Å². The molecule has 0 unspecified atom stereocenters. The molecule has 6 heteroatoms. The van der Waals surface area contributed by atoms with Crippen LogP contribution in [-0.4, -0.2) is 65.8 Å². The molecule has 0 saturated carbocycles. The minimum Gasteiger partial charge on any atom is -0.337 e. The maximum atomic E-state index is 13.0. The average molecular weight is 392 g/mol. The summed E-state index contributed by atoms with van der Waals surface area (Å²) >= 11 is 1.59. The van der Waals surface area contributed by atoms with Crippen molar-refractivity contribution >= 4 is 29.3 Å². The van der Waals surface area contributed by atoms with Gasteiger partial charge in [0.15, 0.2) is 0 Å². The lowest BCUT2D eigenvalue weighted by Crippen LogP contribution is -2.36. The van der Waals surface area contributed by atoms with E-state index in [1.54, 1.807) is 11.8 Å². The second-order valence-corrected chi connectivity index (χ2v) is 8.83. The number of hydrogen-bond donors (Lipinski definition) is 1. The minimum atomic E-state index is -0.0198. The third kappa shape index (κ3) is 6.85. The van der Waals surface area contributed by atoms with Gasteiger partial charge in [0.1, 0.15) is 0 Å². The number of rotatable bonds is 7. The normalized spacial score (nSPS) is 15.7. The fraction of sp³-hybridized carbons (Fsp3) is 0.619. The fourth-order valence-corrected chi connectivity index (χ4v) is 3.79. The molecule has 1 aliphatic heterocycles. The van der Waals surface area contributed by atoms with Gasteiger partial charge in [-0.2, -0.15) is 11.8 Å². The van der Waals surface area contributed by atoms with E-state index in [2.05, 4.69) is 24.1 Å². The average Bonchev–Trinajstić information content (AvgIpc) is 2.86. The number of carbonyl (C=O) groups excluding carboxylic acids is 2. The summed E-state index contributed by atoms with van der Waals surface area (Å²) < 4.78 is 0. The summed E-state index contributed by atoms with van der Waals surface area (Å²) in [5, 5.41) is 2.95. The number of amides is 2. The molecule has 2 amide bonds. The van der Waals surface area contributed by atoms with Crippen molar-refractivity contribution in [3.05, 3.63) is 29.3 Å². The molecule has 2 rings (SSSR count). The van der Waals surface area contributed by atoms with Crippen LogP contribution in [0, 0.1) is 12.8 Å². The molecule has 1 aromatic rings. The van der Waals surface area contributed by atoms with Crippen molar-refractivity contribution in [2.75, 3.05) is 49.5 Å². The summed E-state index contributed by atoms with van der Waals surface area (Å²) in [7, 11) is 0. The largest absolute Gasteiger partial charge is 0.337 e. The quantitative estimate of drug-likeness (QED) is 0.773. The van der Waals surface area contributed by atoms with Gasteiger partial charge in [0, 0.05) is 37.4 Å². The van der Waals surface area contributed by atoms with Crippen LogP contribution in [0.1, 0.15) is 43.1 Å². The molecular weight excluding hydrogens is 358 g/mol. The van der Waals surface area contributed by atoms with Crippen LogP contribution in [-0.2, 0) is 4.79 Å². The summed E-state index contributed by atoms with van der Waals surface area (Å²) in [6.45, 7) is 13.0. The monoisotopic (exact) mass is 391 g/mol. The van der Waals surface area contributed by atoms with Gasteiger partial charge in [-0.05, 0) is 49.3 Å². The Bertz CT molecular complexity index is 648. The van der Waals surface area contributed by atoms with E-state index in [0.717, 1.165) is 56.1 Å². The van der Waals surface area contributed by atoms with E-state index in [1.807, 2.05) is 36.9 Å². The van der Waals surface area contributed by atoms with Crippen molar-refractivity contribution in [2.24, 2.45) is 5.92 Å². The first kappa shape index (κ1) is 21.8. The van der Waals surface area contributed by atoms with Crippen LogP contribution in [0.3, 0.4) is 0 Å². The Morgan fingerprint density at radius 2 is 1.96 bits per heavy atom. The van der Waals surface area contributed by atoms with Gasteiger partial charge >= 0.3 is 0 Å². The second kappa shape index (κ2) is 10.7. The maximum absolute atomic E-state index is 13.0. The van der Waals surface area contributed by atoms with Crippen molar-refractivity contribution in [2.45, 2.75) is 34.1 Å². The van der Waals surface area contributed by atoms with Gasteiger partial charge in [0.25, 0.3) is 5.91 Å². The molecule has 5 nitrogen and oxygen atoms in total. The molecule has 27 heavy (non-hydrogen) atoms. The zero-order valence-electron chi connectivity index (χ0n) is 17.1. The van der Waals surface area contributed by atoms with E-state index < -0.39 is 0 Å². The molecule has 0 aromatic heterocycles. The third-order valence-electron chi connectivity index (χ3n) is 4.69. The van der Waals surface area contributed by atoms with Crippen molar-refractivity contribution in [3.8, 4) is 0 Å². The SMILES string of the molecule is CCSCC(=O)Nc1cc(C(=O)N2CCCN(CC(C)C)CC2)ccc1C. The highest BCUT2D eigenvalue weighted by molar-refractivity contribution is 7.99. The predicted octanol–water partition coefficient (Wildman–Crippen LogP) is 3.49. The van der Waals surface area contributed by atoms with Crippen molar-refractivity contribution in [1.29, 1.82) is 0 Å². The highest BCUT2D eigenvalue weighted by Crippen LogP contribution is 2.19. The lowest BCUT2D eigenvalue weighted by Gasteiger charge is -2.23. The van der Waals surface area contributed by atoms with Gasteiger partial charge in [-0.15, -0.1) is 0 Å². The van der Waals surface area contributed by atoms with Crippen LogP contribution < -0.4 is 5.32 Å². The van der Waals surface area contributed by atoms with Gasteiger partial charge in [0.2, 0.25) is 5.91 Å². The number of hydrogen-bond acceptors (Lipinski definition) is 4. The smallest absolute Gasteiger partial charge is 0.253 e. The number of nitrogens with zero attached hydrogens (tertiary/aromatic N) is 2. The molecule has 1 saturated heterocycles.